The molecule has 0 aliphatic rings. The van der Waals surface area contributed by atoms with E-state index in [4.69, 9.17) is 9.73 Å². The number of carbonyl (C=O) groups excluding carboxylic acids is 1. The van der Waals surface area contributed by atoms with Crippen molar-refractivity contribution in [1.82, 2.24) is 0 Å². The van der Waals surface area contributed by atoms with Crippen LogP contribution in [-0.4, -0.2) is 23.3 Å². The van der Waals surface area contributed by atoms with Gasteiger partial charge in [0.15, 0.2) is 6.04 Å². The number of ether oxygens (including phenoxy) is 1. The van der Waals surface area contributed by atoms with Crippen LogP contribution >= 0.6 is 0 Å². The second-order valence-electron chi connectivity index (χ2n) is 8.39. The summed E-state index contributed by atoms with van der Waals surface area (Å²) in [5.41, 5.74) is 4.40. The molecule has 0 fully saturated rings. The molecule has 154 valence electrons. The lowest BCUT2D eigenvalue weighted by Crippen LogP contribution is -2.33. The molecule has 0 saturated heterocycles. The molecule has 0 bridgehead atoms. The lowest BCUT2D eigenvalue weighted by atomic mass is 9.99. The van der Waals surface area contributed by atoms with Gasteiger partial charge in [-0.25, -0.2) is 4.79 Å². The molecule has 3 nitrogen and oxygen atoms in total. The first kappa shape index (κ1) is 21.5. The second-order valence-corrected chi connectivity index (χ2v) is 8.39. The third kappa shape index (κ3) is 5.90. The van der Waals surface area contributed by atoms with Gasteiger partial charge in [-0.15, -0.1) is 0 Å². The third-order valence-electron chi connectivity index (χ3n) is 4.73. The van der Waals surface area contributed by atoms with Crippen LogP contribution in [0.1, 0.15) is 43.0 Å². The SMILES string of the molecule is Cc1ccccc1C[C@@H](N=C(c1ccccc1)c1ccccc1)C(=O)OC(C)(C)C. The zero-order valence-electron chi connectivity index (χ0n) is 18.1. The predicted octanol–water partition coefficient (Wildman–Crippen LogP) is 5.79. The Bertz CT molecular complexity index is 960. The highest BCUT2D eigenvalue weighted by Gasteiger charge is 2.26. The van der Waals surface area contributed by atoms with Crippen LogP contribution in [0.3, 0.4) is 0 Å². The number of nitrogens with zero attached hydrogens (tertiary/aromatic N) is 1. The number of hydrogen-bond acceptors (Lipinski definition) is 3. The van der Waals surface area contributed by atoms with Crippen LogP contribution in [0.15, 0.2) is 89.9 Å². The molecule has 3 heteroatoms. The Morgan fingerprint density at radius 3 is 1.83 bits per heavy atom. The van der Waals surface area contributed by atoms with Crippen molar-refractivity contribution in [3.8, 4) is 0 Å². The molecule has 1 atom stereocenters. The fourth-order valence-electron chi connectivity index (χ4n) is 3.26. The topological polar surface area (TPSA) is 38.7 Å². The highest BCUT2D eigenvalue weighted by Crippen LogP contribution is 2.19. The first-order valence-corrected chi connectivity index (χ1v) is 10.3. The largest absolute Gasteiger partial charge is 0.458 e. The van der Waals surface area contributed by atoms with Gasteiger partial charge in [0.05, 0.1) is 5.71 Å². The Hall–Kier alpha value is -3.20. The molecule has 0 radical (unpaired) electrons. The highest BCUT2D eigenvalue weighted by molar-refractivity contribution is 6.13. The maximum absolute atomic E-state index is 13.1. The zero-order valence-corrected chi connectivity index (χ0v) is 18.1. The van der Waals surface area contributed by atoms with Gasteiger partial charge < -0.3 is 4.74 Å². The second kappa shape index (κ2) is 9.53. The van der Waals surface area contributed by atoms with Crippen LogP contribution in [0.4, 0.5) is 0 Å². The van der Waals surface area contributed by atoms with E-state index in [-0.39, 0.29) is 5.97 Å². The standard InChI is InChI=1S/C27H29NO2/c1-20-13-11-12-18-23(20)19-24(26(29)30-27(2,3)4)28-25(21-14-7-5-8-15-21)22-16-9-6-10-17-22/h5-18,24H,19H2,1-4H3/t24-/m1/s1. The average molecular weight is 400 g/mol. The molecule has 0 heterocycles. The Morgan fingerprint density at radius 2 is 1.33 bits per heavy atom. The van der Waals surface area contributed by atoms with Crippen molar-refractivity contribution >= 4 is 11.7 Å². The van der Waals surface area contributed by atoms with Gasteiger partial charge in [0.1, 0.15) is 5.60 Å². The summed E-state index contributed by atoms with van der Waals surface area (Å²) in [6, 6.07) is 27.4. The predicted molar refractivity (Wildman–Crippen MR) is 123 cm³/mol. The van der Waals surface area contributed by atoms with E-state index < -0.39 is 11.6 Å². The van der Waals surface area contributed by atoms with Crippen molar-refractivity contribution in [2.75, 3.05) is 0 Å². The molecule has 0 N–H and O–H groups in total. The highest BCUT2D eigenvalue weighted by atomic mass is 16.6. The molecule has 0 aliphatic heterocycles. The van der Waals surface area contributed by atoms with E-state index in [9.17, 15) is 4.79 Å². The number of benzene rings is 3. The summed E-state index contributed by atoms with van der Waals surface area (Å²) in [5.74, 6) is -0.310. The number of aliphatic imine (C=N–C) groups is 1. The van der Waals surface area contributed by atoms with E-state index >= 15 is 0 Å². The Balaban J connectivity index is 2.08. The maximum atomic E-state index is 13.1. The third-order valence-corrected chi connectivity index (χ3v) is 4.73. The molecule has 30 heavy (non-hydrogen) atoms. The minimum absolute atomic E-state index is 0.310. The Morgan fingerprint density at radius 1 is 0.833 bits per heavy atom. The van der Waals surface area contributed by atoms with Gasteiger partial charge in [-0.3, -0.25) is 4.99 Å². The lowest BCUT2D eigenvalue weighted by Gasteiger charge is -2.23. The summed E-state index contributed by atoms with van der Waals surface area (Å²) in [7, 11) is 0. The lowest BCUT2D eigenvalue weighted by molar-refractivity contribution is -0.156. The summed E-state index contributed by atoms with van der Waals surface area (Å²) < 4.78 is 5.74. The number of aryl methyl sites for hydroxylation is 1. The fraction of sp³-hybridized carbons (Fsp3) is 0.259. The van der Waals surface area contributed by atoms with Gasteiger partial charge in [0.25, 0.3) is 0 Å². The first-order valence-electron chi connectivity index (χ1n) is 10.3. The van der Waals surface area contributed by atoms with Crippen molar-refractivity contribution in [3.63, 3.8) is 0 Å². The van der Waals surface area contributed by atoms with E-state index in [2.05, 4.69) is 13.0 Å². The molecular formula is C27H29NO2. The summed E-state index contributed by atoms with van der Waals surface area (Å²) in [6.45, 7) is 7.71. The van der Waals surface area contributed by atoms with Gasteiger partial charge in [-0.05, 0) is 38.8 Å². The molecule has 3 rings (SSSR count). The van der Waals surface area contributed by atoms with Crippen LogP contribution in [0.2, 0.25) is 0 Å². The number of rotatable bonds is 6. The van der Waals surface area contributed by atoms with Crippen LogP contribution in [0.25, 0.3) is 0 Å². The zero-order chi connectivity index (χ0) is 21.6. The summed E-state index contributed by atoms with van der Waals surface area (Å²) >= 11 is 0. The first-order chi connectivity index (χ1) is 14.3. The molecule has 0 spiro atoms. The monoisotopic (exact) mass is 399 g/mol. The molecule has 0 aromatic heterocycles. The van der Waals surface area contributed by atoms with E-state index in [1.165, 1.54) is 0 Å². The van der Waals surface area contributed by atoms with Gasteiger partial charge in [0, 0.05) is 17.5 Å². The van der Waals surface area contributed by atoms with E-state index in [1.54, 1.807) is 0 Å². The molecule has 3 aromatic carbocycles. The smallest absolute Gasteiger partial charge is 0.331 e. The molecule has 0 saturated carbocycles. The summed E-state index contributed by atoms with van der Waals surface area (Å²) in [5, 5.41) is 0. The maximum Gasteiger partial charge on any atom is 0.331 e. The number of esters is 1. The van der Waals surface area contributed by atoms with Crippen molar-refractivity contribution in [1.29, 1.82) is 0 Å². The average Bonchev–Trinajstić information content (AvgIpc) is 2.72. The van der Waals surface area contributed by atoms with Crippen molar-refractivity contribution in [3.05, 3.63) is 107 Å². The number of hydrogen-bond donors (Lipinski definition) is 0. The van der Waals surface area contributed by atoms with Crippen molar-refractivity contribution in [2.24, 2.45) is 4.99 Å². The van der Waals surface area contributed by atoms with Gasteiger partial charge >= 0.3 is 5.97 Å². The fourth-order valence-corrected chi connectivity index (χ4v) is 3.26. The molecule has 0 amide bonds. The Labute approximate surface area is 179 Å². The minimum atomic E-state index is -0.638. The van der Waals surface area contributed by atoms with E-state index in [0.29, 0.717) is 6.42 Å². The van der Waals surface area contributed by atoms with Crippen molar-refractivity contribution in [2.45, 2.75) is 45.8 Å². The van der Waals surface area contributed by atoms with E-state index in [0.717, 1.165) is 28.0 Å². The quantitative estimate of drug-likeness (QED) is 0.389. The van der Waals surface area contributed by atoms with Crippen LogP contribution in [-0.2, 0) is 16.0 Å². The normalized spacial score (nSPS) is 12.1. The summed E-state index contributed by atoms with van der Waals surface area (Å²) in [6.07, 6.45) is 0.491. The van der Waals surface area contributed by atoms with Crippen LogP contribution in [0.5, 0.6) is 0 Å². The van der Waals surface area contributed by atoms with Crippen LogP contribution < -0.4 is 0 Å². The molecule has 0 aliphatic carbocycles. The molecular weight excluding hydrogens is 370 g/mol. The number of carbonyl (C=O) groups is 1. The molecule has 0 unspecified atom stereocenters. The van der Waals surface area contributed by atoms with Gasteiger partial charge in [-0.2, -0.15) is 0 Å². The van der Waals surface area contributed by atoms with E-state index in [1.807, 2.05) is 99.6 Å². The molecule has 3 aromatic rings. The minimum Gasteiger partial charge on any atom is -0.458 e. The van der Waals surface area contributed by atoms with Crippen molar-refractivity contribution < 1.29 is 9.53 Å². The summed E-state index contributed by atoms with van der Waals surface area (Å²) in [4.78, 5) is 18.1. The van der Waals surface area contributed by atoms with Gasteiger partial charge in [0.2, 0.25) is 0 Å². The Kier molecular flexibility index (Phi) is 6.83. The van der Waals surface area contributed by atoms with Crippen LogP contribution in [0, 0.1) is 6.92 Å². The van der Waals surface area contributed by atoms with Gasteiger partial charge in [-0.1, -0.05) is 84.9 Å².